The summed E-state index contributed by atoms with van der Waals surface area (Å²) in [5.41, 5.74) is 0. The molecule has 1 nitrogen and oxygen atoms in total. The van der Waals surface area contributed by atoms with Gasteiger partial charge in [-0.1, -0.05) is 12.2 Å². The average Bonchev–Trinajstić information content (AvgIpc) is 2.06. The van der Waals surface area contributed by atoms with Crippen molar-refractivity contribution in [1.82, 2.24) is 0 Å². The summed E-state index contributed by atoms with van der Waals surface area (Å²) in [6.07, 6.45) is 8.95. The molecule has 0 N–H and O–H groups in total. The van der Waals surface area contributed by atoms with Gasteiger partial charge in [0, 0.05) is 17.6 Å². The molecule has 0 spiro atoms. The van der Waals surface area contributed by atoms with E-state index in [0.29, 0.717) is 6.10 Å². The number of hydrogen-bond acceptors (Lipinski definition) is 2. The molecule has 2 aliphatic rings. The molecule has 0 aromatic carbocycles. The Balaban J connectivity index is 2.05. The minimum absolute atomic E-state index is 0.515. The molecule has 0 amide bonds. The van der Waals surface area contributed by atoms with Crippen LogP contribution < -0.4 is 0 Å². The average molecular weight is 170 g/mol. The first-order valence-corrected chi connectivity index (χ1v) is 5.19. The predicted octanol–water partition coefficient (Wildman–Crippen LogP) is 2.23. The summed E-state index contributed by atoms with van der Waals surface area (Å²) in [6.45, 7) is 0. The van der Waals surface area contributed by atoms with Crippen molar-refractivity contribution in [3.8, 4) is 0 Å². The lowest BCUT2D eigenvalue weighted by molar-refractivity contribution is 0.0877. The van der Waals surface area contributed by atoms with Crippen LogP contribution in [0.5, 0.6) is 0 Å². The molecule has 0 radical (unpaired) electrons. The largest absolute Gasteiger partial charge is 0.380 e. The number of fused-ring (bicyclic) bond motifs is 2. The van der Waals surface area contributed by atoms with E-state index in [9.17, 15) is 0 Å². The molecular weight excluding hydrogens is 156 g/mol. The third-order valence-corrected chi connectivity index (χ3v) is 4.11. The Morgan fingerprint density at radius 1 is 1.45 bits per heavy atom. The highest BCUT2D eigenvalue weighted by atomic mass is 32.2. The molecule has 2 rings (SSSR count). The van der Waals surface area contributed by atoms with E-state index >= 15 is 0 Å². The standard InChI is InChI=1S/C9H14OS/c1-10-8-6-5-7-3-2-4-9(8)11-7/h2-3,7-9H,4-6H2,1H3. The summed E-state index contributed by atoms with van der Waals surface area (Å²) >= 11 is 2.09. The van der Waals surface area contributed by atoms with Crippen LogP contribution in [0.3, 0.4) is 0 Å². The van der Waals surface area contributed by atoms with Crippen molar-refractivity contribution >= 4 is 11.8 Å². The van der Waals surface area contributed by atoms with Crippen LogP contribution >= 0.6 is 11.8 Å². The fourth-order valence-electron chi connectivity index (χ4n) is 1.88. The topological polar surface area (TPSA) is 9.23 Å². The second kappa shape index (κ2) is 3.20. The molecule has 11 heavy (non-hydrogen) atoms. The molecule has 1 fully saturated rings. The van der Waals surface area contributed by atoms with Gasteiger partial charge < -0.3 is 4.74 Å². The lowest BCUT2D eigenvalue weighted by Crippen LogP contribution is -2.33. The van der Waals surface area contributed by atoms with Crippen LogP contribution in [0, 0.1) is 0 Å². The van der Waals surface area contributed by atoms with Crippen LogP contribution in [0.15, 0.2) is 12.2 Å². The summed E-state index contributed by atoms with van der Waals surface area (Å²) < 4.78 is 5.42. The van der Waals surface area contributed by atoms with Gasteiger partial charge in [-0.05, 0) is 19.3 Å². The van der Waals surface area contributed by atoms with Crippen LogP contribution in [0.25, 0.3) is 0 Å². The van der Waals surface area contributed by atoms with E-state index in [2.05, 4.69) is 23.9 Å². The molecule has 0 aliphatic carbocycles. The van der Waals surface area contributed by atoms with Crippen molar-refractivity contribution in [2.24, 2.45) is 0 Å². The third-order valence-electron chi connectivity index (χ3n) is 2.52. The highest BCUT2D eigenvalue weighted by Crippen LogP contribution is 2.38. The number of thioether (sulfide) groups is 1. The molecule has 3 atom stereocenters. The summed E-state index contributed by atoms with van der Waals surface area (Å²) in [5, 5.41) is 1.53. The smallest absolute Gasteiger partial charge is 0.0693 e. The van der Waals surface area contributed by atoms with Gasteiger partial charge in [-0.3, -0.25) is 0 Å². The van der Waals surface area contributed by atoms with Crippen LogP contribution in [-0.4, -0.2) is 23.7 Å². The van der Waals surface area contributed by atoms with Gasteiger partial charge in [-0.15, -0.1) is 11.8 Å². The summed E-state index contributed by atoms with van der Waals surface area (Å²) in [6, 6.07) is 0. The molecule has 0 saturated carbocycles. The van der Waals surface area contributed by atoms with Crippen LogP contribution in [0.2, 0.25) is 0 Å². The SMILES string of the molecule is COC1CCC2C=CCC1S2. The highest BCUT2D eigenvalue weighted by molar-refractivity contribution is 8.00. The quantitative estimate of drug-likeness (QED) is 0.558. The zero-order valence-corrected chi connectivity index (χ0v) is 7.64. The summed E-state index contributed by atoms with van der Waals surface area (Å²) in [4.78, 5) is 0. The van der Waals surface area contributed by atoms with Crippen molar-refractivity contribution in [3.05, 3.63) is 12.2 Å². The maximum absolute atomic E-state index is 5.42. The van der Waals surface area contributed by atoms with E-state index < -0.39 is 0 Å². The van der Waals surface area contributed by atoms with Gasteiger partial charge in [-0.25, -0.2) is 0 Å². The Kier molecular flexibility index (Phi) is 2.23. The van der Waals surface area contributed by atoms with E-state index in [1.807, 2.05) is 7.11 Å². The zero-order valence-electron chi connectivity index (χ0n) is 6.82. The zero-order chi connectivity index (χ0) is 7.68. The number of allylic oxidation sites excluding steroid dienone is 1. The Bertz CT molecular complexity index is 167. The van der Waals surface area contributed by atoms with E-state index in [1.165, 1.54) is 19.3 Å². The fourth-order valence-corrected chi connectivity index (χ4v) is 3.45. The Morgan fingerprint density at radius 3 is 3.18 bits per heavy atom. The number of hydrogen-bond donors (Lipinski definition) is 0. The lowest BCUT2D eigenvalue weighted by atomic mass is 10.0. The molecule has 0 aromatic rings. The van der Waals surface area contributed by atoms with Crippen LogP contribution in [0.4, 0.5) is 0 Å². The Hall–Kier alpha value is 0.0500. The summed E-state index contributed by atoms with van der Waals surface area (Å²) in [7, 11) is 1.84. The Labute approximate surface area is 72.2 Å². The van der Waals surface area contributed by atoms with E-state index in [4.69, 9.17) is 4.74 Å². The molecule has 1 saturated heterocycles. The molecular formula is C9H14OS. The number of methoxy groups -OCH3 is 1. The van der Waals surface area contributed by atoms with Gasteiger partial charge in [-0.2, -0.15) is 0 Å². The first kappa shape index (κ1) is 7.69. The molecule has 2 heterocycles. The van der Waals surface area contributed by atoms with Crippen molar-refractivity contribution in [1.29, 1.82) is 0 Å². The van der Waals surface area contributed by atoms with Crippen molar-refractivity contribution in [3.63, 3.8) is 0 Å². The van der Waals surface area contributed by atoms with Crippen LogP contribution in [-0.2, 0) is 4.74 Å². The first-order valence-electron chi connectivity index (χ1n) is 4.25. The van der Waals surface area contributed by atoms with Gasteiger partial charge in [0.2, 0.25) is 0 Å². The van der Waals surface area contributed by atoms with E-state index in [-0.39, 0.29) is 0 Å². The van der Waals surface area contributed by atoms with Gasteiger partial charge in [0.1, 0.15) is 0 Å². The molecule has 0 aromatic heterocycles. The molecule has 2 aliphatic heterocycles. The van der Waals surface area contributed by atoms with Gasteiger partial charge in [0.15, 0.2) is 0 Å². The van der Waals surface area contributed by atoms with Gasteiger partial charge >= 0.3 is 0 Å². The maximum Gasteiger partial charge on any atom is 0.0693 e. The molecule has 3 unspecified atom stereocenters. The van der Waals surface area contributed by atoms with Crippen LogP contribution in [0.1, 0.15) is 19.3 Å². The first-order chi connectivity index (χ1) is 5.40. The minimum Gasteiger partial charge on any atom is -0.380 e. The second-order valence-electron chi connectivity index (χ2n) is 3.23. The number of rotatable bonds is 1. The van der Waals surface area contributed by atoms with E-state index in [0.717, 1.165) is 10.5 Å². The Morgan fingerprint density at radius 2 is 2.36 bits per heavy atom. The minimum atomic E-state index is 0.515. The predicted molar refractivity (Wildman–Crippen MR) is 49.0 cm³/mol. The monoisotopic (exact) mass is 170 g/mol. The normalized spacial score (nSPS) is 42.5. The highest BCUT2D eigenvalue weighted by Gasteiger charge is 2.31. The van der Waals surface area contributed by atoms with Gasteiger partial charge in [0.25, 0.3) is 0 Å². The molecule has 2 bridgehead atoms. The maximum atomic E-state index is 5.42. The third kappa shape index (κ3) is 1.47. The number of ether oxygens (including phenoxy) is 1. The van der Waals surface area contributed by atoms with Crippen molar-refractivity contribution in [2.45, 2.75) is 35.9 Å². The van der Waals surface area contributed by atoms with Crippen molar-refractivity contribution in [2.75, 3.05) is 7.11 Å². The fraction of sp³-hybridized carbons (Fsp3) is 0.778. The lowest BCUT2D eigenvalue weighted by Gasteiger charge is -2.35. The second-order valence-corrected chi connectivity index (χ2v) is 4.71. The van der Waals surface area contributed by atoms with E-state index in [1.54, 1.807) is 0 Å². The summed E-state index contributed by atoms with van der Waals surface area (Å²) in [5.74, 6) is 0. The molecule has 62 valence electrons. The van der Waals surface area contributed by atoms with Crippen molar-refractivity contribution < 1.29 is 4.74 Å². The van der Waals surface area contributed by atoms with Gasteiger partial charge in [0.05, 0.1) is 6.10 Å². The molecule has 2 heteroatoms.